The number of carbonyl (C=O) groups excluding carboxylic acids is 1. The van der Waals surface area contributed by atoms with E-state index >= 15 is 0 Å². The Labute approximate surface area is 104 Å². The van der Waals surface area contributed by atoms with Gasteiger partial charge in [-0.15, -0.1) is 0 Å². The molecule has 0 aliphatic carbocycles. The number of nitrogens with one attached hydrogen (secondary N) is 1. The molecular formula is C12H16BrNO2. The summed E-state index contributed by atoms with van der Waals surface area (Å²) in [6, 6.07) is 5.53. The summed E-state index contributed by atoms with van der Waals surface area (Å²) in [5.41, 5.74) is 0.925. The lowest BCUT2D eigenvalue weighted by atomic mass is 10.2. The second kappa shape index (κ2) is 5.89. The number of hydrogen-bond acceptors (Lipinski definition) is 2. The third-order valence-corrected chi connectivity index (χ3v) is 2.49. The van der Waals surface area contributed by atoms with Crippen molar-refractivity contribution in [2.24, 2.45) is 5.92 Å². The Kier molecular flexibility index (Phi) is 4.80. The molecule has 1 rings (SSSR count). The average Bonchev–Trinajstić information content (AvgIpc) is 2.19. The van der Waals surface area contributed by atoms with Crippen LogP contribution in [0.15, 0.2) is 22.7 Å². The molecule has 0 aromatic heterocycles. The van der Waals surface area contributed by atoms with Crippen LogP contribution in [0.1, 0.15) is 19.4 Å². The Balaban J connectivity index is 2.56. The van der Waals surface area contributed by atoms with Gasteiger partial charge in [-0.05, 0) is 36.6 Å². The van der Waals surface area contributed by atoms with Crippen molar-refractivity contribution in [3.05, 3.63) is 28.2 Å². The summed E-state index contributed by atoms with van der Waals surface area (Å²) in [4.78, 5) is 11.4. The van der Waals surface area contributed by atoms with Gasteiger partial charge in [-0.25, -0.2) is 4.79 Å². The van der Waals surface area contributed by atoms with Gasteiger partial charge in [0, 0.05) is 11.0 Å². The minimum absolute atomic E-state index is 0.404. The highest BCUT2D eigenvalue weighted by molar-refractivity contribution is 9.10. The van der Waals surface area contributed by atoms with Gasteiger partial charge >= 0.3 is 6.09 Å². The predicted octanol–water partition coefficient (Wildman–Crippen LogP) is 3.50. The van der Waals surface area contributed by atoms with Crippen LogP contribution in [0.3, 0.4) is 0 Å². The van der Waals surface area contributed by atoms with Gasteiger partial charge in [-0.3, -0.25) is 0 Å². The lowest BCUT2D eigenvalue weighted by Gasteiger charge is -2.10. The van der Waals surface area contributed by atoms with Crippen molar-refractivity contribution in [1.29, 1.82) is 0 Å². The third-order valence-electron chi connectivity index (χ3n) is 1.99. The van der Waals surface area contributed by atoms with E-state index in [1.165, 1.54) is 0 Å². The fourth-order valence-corrected chi connectivity index (χ4v) is 1.63. The average molecular weight is 286 g/mol. The zero-order valence-electron chi connectivity index (χ0n) is 9.71. The smallest absolute Gasteiger partial charge is 0.410 e. The highest BCUT2D eigenvalue weighted by atomic mass is 79.9. The summed E-state index contributed by atoms with van der Waals surface area (Å²) in [6.45, 7) is 6.58. The molecule has 88 valence electrons. The molecule has 0 unspecified atom stereocenters. The van der Waals surface area contributed by atoms with E-state index in [-0.39, 0.29) is 0 Å². The Morgan fingerprint density at radius 2 is 2.19 bits per heavy atom. The van der Waals surface area contributed by atoms with Crippen molar-refractivity contribution in [2.45, 2.75) is 20.8 Å². The number of amides is 1. The van der Waals surface area contributed by atoms with E-state index in [0.717, 1.165) is 10.0 Å². The van der Waals surface area contributed by atoms with Crippen molar-refractivity contribution < 1.29 is 9.53 Å². The molecule has 4 heteroatoms. The van der Waals surface area contributed by atoms with E-state index in [1.807, 2.05) is 32.9 Å². The number of aryl methyl sites for hydroxylation is 1. The summed E-state index contributed by atoms with van der Waals surface area (Å²) < 4.78 is 6.15. The van der Waals surface area contributed by atoms with Gasteiger partial charge in [0.1, 0.15) is 5.75 Å². The third kappa shape index (κ3) is 4.23. The Bertz CT molecular complexity index is 377. The highest BCUT2D eigenvalue weighted by Gasteiger charge is 2.07. The SMILES string of the molecule is Cc1cc(Br)ccc1OC(=O)NCC(C)C. The van der Waals surface area contributed by atoms with Gasteiger partial charge in [-0.1, -0.05) is 29.8 Å². The summed E-state index contributed by atoms with van der Waals surface area (Å²) in [6.07, 6.45) is -0.404. The maximum Gasteiger partial charge on any atom is 0.412 e. The lowest BCUT2D eigenvalue weighted by Crippen LogP contribution is -2.30. The molecule has 0 bridgehead atoms. The molecule has 0 spiro atoms. The summed E-state index contributed by atoms with van der Waals surface area (Å²) in [5, 5.41) is 2.70. The van der Waals surface area contributed by atoms with Crippen LogP contribution in [-0.4, -0.2) is 12.6 Å². The molecule has 0 atom stereocenters. The first-order chi connectivity index (χ1) is 7.49. The van der Waals surface area contributed by atoms with Crippen LogP contribution in [0, 0.1) is 12.8 Å². The summed E-state index contributed by atoms with van der Waals surface area (Å²) >= 11 is 3.36. The van der Waals surface area contributed by atoms with Crippen LogP contribution >= 0.6 is 15.9 Å². The Morgan fingerprint density at radius 1 is 1.50 bits per heavy atom. The molecule has 3 nitrogen and oxygen atoms in total. The number of rotatable bonds is 3. The van der Waals surface area contributed by atoms with Gasteiger partial charge in [0.05, 0.1) is 0 Å². The van der Waals surface area contributed by atoms with E-state index in [0.29, 0.717) is 18.2 Å². The largest absolute Gasteiger partial charge is 0.412 e. The number of hydrogen-bond donors (Lipinski definition) is 1. The van der Waals surface area contributed by atoms with Gasteiger partial charge < -0.3 is 10.1 Å². The minimum Gasteiger partial charge on any atom is -0.410 e. The first-order valence-electron chi connectivity index (χ1n) is 5.21. The molecule has 0 radical (unpaired) electrons. The fraction of sp³-hybridized carbons (Fsp3) is 0.417. The van der Waals surface area contributed by atoms with Crippen LogP contribution < -0.4 is 10.1 Å². The van der Waals surface area contributed by atoms with Gasteiger partial charge in [0.2, 0.25) is 0 Å². The zero-order chi connectivity index (χ0) is 12.1. The number of halogens is 1. The number of carbonyl (C=O) groups is 1. The van der Waals surface area contributed by atoms with Crippen LogP contribution in [0.4, 0.5) is 4.79 Å². The molecule has 1 N–H and O–H groups in total. The molecule has 1 amide bonds. The maximum absolute atomic E-state index is 11.4. The quantitative estimate of drug-likeness (QED) is 0.923. The standard InChI is InChI=1S/C12H16BrNO2/c1-8(2)7-14-12(15)16-11-5-4-10(13)6-9(11)3/h4-6,8H,7H2,1-3H3,(H,14,15). The lowest BCUT2D eigenvalue weighted by molar-refractivity contribution is 0.199. The highest BCUT2D eigenvalue weighted by Crippen LogP contribution is 2.22. The van der Waals surface area contributed by atoms with Crippen LogP contribution in [0.25, 0.3) is 0 Å². The van der Waals surface area contributed by atoms with E-state index in [1.54, 1.807) is 6.07 Å². The van der Waals surface area contributed by atoms with Crippen LogP contribution in [0.5, 0.6) is 5.75 Å². The van der Waals surface area contributed by atoms with Gasteiger partial charge in [0.25, 0.3) is 0 Å². The topological polar surface area (TPSA) is 38.3 Å². The Hall–Kier alpha value is -1.03. The maximum atomic E-state index is 11.4. The van der Waals surface area contributed by atoms with Crippen LogP contribution in [-0.2, 0) is 0 Å². The second-order valence-electron chi connectivity index (χ2n) is 4.07. The Morgan fingerprint density at radius 3 is 2.75 bits per heavy atom. The monoisotopic (exact) mass is 285 g/mol. The molecule has 0 aliphatic rings. The molecule has 0 saturated carbocycles. The fourth-order valence-electron chi connectivity index (χ4n) is 1.15. The molecule has 0 heterocycles. The summed E-state index contributed by atoms with van der Waals surface area (Å²) in [7, 11) is 0. The normalized spacial score (nSPS) is 10.3. The van der Waals surface area contributed by atoms with Crippen molar-refractivity contribution in [3.8, 4) is 5.75 Å². The molecule has 1 aromatic rings. The van der Waals surface area contributed by atoms with Gasteiger partial charge in [-0.2, -0.15) is 0 Å². The van der Waals surface area contributed by atoms with Crippen molar-refractivity contribution in [2.75, 3.05) is 6.54 Å². The predicted molar refractivity (Wildman–Crippen MR) is 67.7 cm³/mol. The van der Waals surface area contributed by atoms with E-state index in [2.05, 4.69) is 21.2 Å². The zero-order valence-corrected chi connectivity index (χ0v) is 11.3. The van der Waals surface area contributed by atoms with Gasteiger partial charge in [0.15, 0.2) is 0 Å². The first kappa shape index (κ1) is 13.0. The van der Waals surface area contributed by atoms with E-state index in [4.69, 9.17) is 4.74 Å². The van der Waals surface area contributed by atoms with Crippen molar-refractivity contribution in [1.82, 2.24) is 5.32 Å². The molecule has 0 fully saturated rings. The van der Waals surface area contributed by atoms with Crippen molar-refractivity contribution >= 4 is 22.0 Å². The molecule has 0 aliphatic heterocycles. The van der Waals surface area contributed by atoms with Crippen LogP contribution in [0.2, 0.25) is 0 Å². The molecular weight excluding hydrogens is 270 g/mol. The minimum atomic E-state index is -0.404. The molecule has 16 heavy (non-hydrogen) atoms. The second-order valence-corrected chi connectivity index (χ2v) is 4.99. The van der Waals surface area contributed by atoms with E-state index in [9.17, 15) is 4.79 Å². The van der Waals surface area contributed by atoms with E-state index < -0.39 is 6.09 Å². The molecule has 0 saturated heterocycles. The molecule has 1 aromatic carbocycles. The number of benzene rings is 1. The van der Waals surface area contributed by atoms with Crippen molar-refractivity contribution in [3.63, 3.8) is 0 Å². The first-order valence-corrected chi connectivity index (χ1v) is 6.00. The number of ether oxygens (including phenoxy) is 1. The summed E-state index contributed by atoms with van der Waals surface area (Å²) in [5.74, 6) is 1.00.